The van der Waals surface area contributed by atoms with E-state index in [4.69, 9.17) is 0 Å². The van der Waals surface area contributed by atoms with Gasteiger partial charge in [0.05, 0.1) is 0 Å². The molecule has 1 fully saturated rings. The minimum Gasteiger partial charge on any atom is -0.380 e. The molecule has 12 heavy (non-hydrogen) atoms. The van der Waals surface area contributed by atoms with Crippen LogP contribution in [0.4, 0.5) is 5.69 Å². The Balaban J connectivity index is 2.09. The molecule has 0 bridgehead atoms. The Morgan fingerprint density at radius 1 is 1.17 bits per heavy atom. The lowest BCUT2D eigenvalue weighted by Gasteiger charge is -2.06. The van der Waals surface area contributed by atoms with E-state index >= 15 is 0 Å². The van der Waals surface area contributed by atoms with Crippen LogP contribution in [-0.4, -0.2) is 19.1 Å². The summed E-state index contributed by atoms with van der Waals surface area (Å²) in [4.78, 5) is 0. The summed E-state index contributed by atoms with van der Waals surface area (Å²) in [6.45, 7) is 2.24. The molecule has 0 radical (unpaired) electrons. The van der Waals surface area contributed by atoms with Crippen LogP contribution in [0.1, 0.15) is 11.5 Å². The van der Waals surface area contributed by atoms with Gasteiger partial charge in [0.2, 0.25) is 0 Å². The smallest absolute Gasteiger partial charge is 0.0467 e. The van der Waals surface area contributed by atoms with Crippen molar-refractivity contribution < 1.29 is 0 Å². The molecule has 0 spiro atoms. The Hall–Kier alpha value is -1.02. The van der Waals surface area contributed by atoms with E-state index in [1.165, 1.54) is 11.3 Å². The fourth-order valence-electron chi connectivity index (χ4n) is 2.31. The normalized spacial score (nSPS) is 31.0. The van der Waals surface area contributed by atoms with Crippen LogP contribution in [0.15, 0.2) is 24.3 Å². The Morgan fingerprint density at radius 3 is 3.08 bits per heavy atom. The van der Waals surface area contributed by atoms with E-state index in [0.29, 0.717) is 12.0 Å². The molecule has 1 aromatic rings. The predicted octanol–water partition coefficient (Wildman–Crippen LogP) is 1.17. The molecule has 0 aromatic heterocycles. The van der Waals surface area contributed by atoms with Crippen LogP contribution in [0.5, 0.6) is 0 Å². The Kier molecular flexibility index (Phi) is 1.21. The number of nitrogens with one attached hydrogen (secondary N) is 2. The fourth-order valence-corrected chi connectivity index (χ4v) is 2.31. The lowest BCUT2D eigenvalue weighted by Crippen LogP contribution is -2.20. The molecule has 0 amide bonds. The van der Waals surface area contributed by atoms with Gasteiger partial charge in [-0.15, -0.1) is 0 Å². The van der Waals surface area contributed by atoms with Gasteiger partial charge in [0.1, 0.15) is 0 Å². The summed E-state index contributed by atoms with van der Waals surface area (Å²) in [5, 5.41) is 6.94. The van der Waals surface area contributed by atoms with Crippen LogP contribution >= 0.6 is 0 Å². The van der Waals surface area contributed by atoms with Gasteiger partial charge in [-0.2, -0.15) is 0 Å². The van der Waals surface area contributed by atoms with Crippen molar-refractivity contribution in [2.75, 3.05) is 18.4 Å². The summed E-state index contributed by atoms with van der Waals surface area (Å²) in [6, 6.07) is 9.28. The highest BCUT2D eigenvalue weighted by Gasteiger charge is 2.34. The first-order chi connectivity index (χ1) is 5.95. The number of hydrogen-bond acceptors (Lipinski definition) is 2. The molecule has 0 aliphatic carbocycles. The van der Waals surface area contributed by atoms with Crippen LogP contribution in [0.2, 0.25) is 0 Å². The van der Waals surface area contributed by atoms with Crippen molar-refractivity contribution in [2.24, 2.45) is 0 Å². The first-order valence-electron chi connectivity index (χ1n) is 4.51. The van der Waals surface area contributed by atoms with Gasteiger partial charge in [-0.25, -0.2) is 0 Å². The molecular weight excluding hydrogens is 148 g/mol. The maximum absolute atomic E-state index is 3.53. The molecule has 3 rings (SSSR count). The molecular formula is C10H12N2. The molecule has 2 heterocycles. The van der Waals surface area contributed by atoms with Crippen molar-refractivity contribution >= 4 is 5.69 Å². The number of benzene rings is 1. The Bertz CT molecular complexity index is 308. The van der Waals surface area contributed by atoms with Crippen molar-refractivity contribution in [3.8, 4) is 0 Å². The predicted molar refractivity (Wildman–Crippen MR) is 49.5 cm³/mol. The summed E-state index contributed by atoms with van der Waals surface area (Å²) in [7, 11) is 0. The topological polar surface area (TPSA) is 24.1 Å². The third-order valence-corrected chi connectivity index (χ3v) is 2.92. The molecule has 2 N–H and O–H groups in total. The molecule has 1 aromatic carbocycles. The number of rotatable bonds is 0. The van der Waals surface area contributed by atoms with Crippen molar-refractivity contribution in [3.05, 3.63) is 29.8 Å². The van der Waals surface area contributed by atoms with Gasteiger partial charge in [-0.1, -0.05) is 18.2 Å². The second-order valence-electron chi connectivity index (χ2n) is 3.60. The third-order valence-electron chi connectivity index (χ3n) is 2.92. The van der Waals surface area contributed by atoms with E-state index in [0.717, 1.165) is 13.1 Å². The first kappa shape index (κ1) is 6.49. The number of fused-ring (bicyclic) bond motifs is 3. The highest BCUT2D eigenvalue weighted by Crippen LogP contribution is 2.36. The highest BCUT2D eigenvalue weighted by molar-refractivity contribution is 5.60. The minimum atomic E-state index is 0.641. The van der Waals surface area contributed by atoms with Crippen LogP contribution < -0.4 is 10.6 Å². The van der Waals surface area contributed by atoms with Crippen molar-refractivity contribution in [3.63, 3.8) is 0 Å². The van der Waals surface area contributed by atoms with Crippen molar-refractivity contribution in [2.45, 2.75) is 12.0 Å². The maximum atomic E-state index is 3.53. The SMILES string of the molecule is c1ccc2c(c1)NC1CNC[C@@H]21. The van der Waals surface area contributed by atoms with E-state index in [-0.39, 0.29) is 0 Å². The van der Waals surface area contributed by atoms with Gasteiger partial charge in [-0.05, 0) is 11.6 Å². The summed E-state index contributed by atoms with van der Waals surface area (Å²) >= 11 is 0. The van der Waals surface area contributed by atoms with Gasteiger partial charge in [0.25, 0.3) is 0 Å². The summed E-state index contributed by atoms with van der Waals surface area (Å²) in [5.74, 6) is 0.709. The van der Waals surface area contributed by atoms with E-state index < -0.39 is 0 Å². The molecule has 2 atom stereocenters. The van der Waals surface area contributed by atoms with Gasteiger partial charge in [0, 0.05) is 30.7 Å². The van der Waals surface area contributed by atoms with Gasteiger partial charge >= 0.3 is 0 Å². The van der Waals surface area contributed by atoms with E-state index in [1.807, 2.05) is 0 Å². The summed E-state index contributed by atoms with van der Waals surface area (Å²) < 4.78 is 0. The van der Waals surface area contributed by atoms with Crippen LogP contribution in [-0.2, 0) is 0 Å². The Labute approximate surface area is 72.0 Å². The molecule has 1 unspecified atom stereocenters. The number of para-hydroxylation sites is 1. The average molecular weight is 160 g/mol. The van der Waals surface area contributed by atoms with Crippen LogP contribution in [0.3, 0.4) is 0 Å². The van der Waals surface area contributed by atoms with E-state index in [2.05, 4.69) is 34.9 Å². The zero-order valence-corrected chi connectivity index (χ0v) is 6.88. The second-order valence-corrected chi connectivity index (χ2v) is 3.60. The number of anilines is 1. The monoisotopic (exact) mass is 160 g/mol. The molecule has 2 nitrogen and oxygen atoms in total. The third kappa shape index (κ3) is 0.730. The number of hydrogen-bond donors (Lipinski definition) is 2. The standard InChI is InChI=1S/C10H12N2/c1-2-4-9-7(3-1)8-5-11-6-10(8)12-9/h1-4,8,10-12H,5-6H2/t8-,10?/m0/s1. The molecule has 0 saturated carbocycles. The lowest BCUT2D eigenvalue weighted by atomic mass is 9.98. The van der Waals surface area contributed by atoms with E-state index in [9.17, 15) is 0 Å². The van der Waals surface area contributed by atoms with Gasteiger partial charge in [0.15, 0.2) is 0 Å². The second kappa shape index (κ2) is 2.23. The van der Waals surface area contributed by atoms with Crippen molar-refractivity contribution in [1.29, 1.82) is 0 Å². The summed E-state index contributed by atoms with van der Waals surface area (Å²) in [6.07, 6.45) is 0. The molecule has 2 aliphatic rings. The molecule has 1 saturated heterocycles. The summed E-state index contributed by atoms with van der Waals surface area (Å²) in [5.41, 5.74) is 2.83. The maximum Gasteiger partial charge on any atom is 0.0467 e. The quantitative estimate of drug-likeness (QED) is 0.595. The zero-order chi connectivity index (χ0) is 7.97. The van der Waals surface area contributed by atoms with E-state index in [1.54, 1.807) is 0 Å². The fraction of sp³-hybridized carbons (Fsp3) is 0.400. The zero-order valence-electron chi connectivity index (χ0n) is 6.88. The largest absolute Gasteiger partial charge is 0.380 e. The molecule has 2 aliphatic heterocycles. The molecule has 2 heteroatoms. The van der Waals surface area contributed by atoms with Gasteiger partial charge in [-0.3, -0.25) is 0 Å². The Morgan fingerprint density at radius 2 is 2.08 bits per heavy atom. The van der Waals surface area contributed by atoms with Crippen LogP contribution in [0, 0.1) is 0 Å². The van der Waals surface area contributed by atoms with Crippen molar-refractivity contribution in [1.82, 2.24) is 5.32 Å². The minimum absolute atomic E-state index is 0.641. The first-order valence-corrected chi connectivity index (χ1v) is 4.51. The lowest BCUT2D eigenvalue weighted by molar-refractivity contribution is 0.736. The molecule has 62 valence electrons. The highest BCUT2D eigenvalue weighted by atomic mass is 15.1. The van der Waals surface area contributed by atoms with Crippen LogP contribution in [0.25, 0.3) is 0 Å². The average Bonchev–Trinajstić information content (AvgIpc) is 2.62. The van der Waals surface area contributed by atoms with Gasteiger partial charge < -0.3 is 10.6 Å².